The predicted octanol–water partition coefficient (Wildman–Crippen LogP) is 4.06. The fourth-order valence-electron chi connectivity index (χ4n) is 3.50. The molecular formula is C26H30N2O3S. The van der Waals surface area contributed by atoms with Crippen LogP contribution in [0.1, 0.15) is 24.5 Å². The monoisotopic (exact) mass is 450 g/mol. The molecule has 0 spiro atoms. The van der Waals surface area contributed by atoms with Gasteiger partial charge in [-0.3, -0.25) is 4.79 Å². The molecule has 0 aliphatic heterocycles. The van der Waals surface area contributed by atoms with E-state index in [1.807, 2.05) is 55.5 Å². The molecule has 0 saturated heterocycles. The Morgan fingerprint density at radius 1 is 0.812 bits per heavy atom. The van der Waals surface area contributed by atoms with E-state index in [0.29, 0.717) is 6.42 Å². The first kappa shape index (κ1) is 23.7. The first-order valence-corrected chi connectivity index (χ1v) is 12.3. The van der Waals surface area contributed by atoms with E-state index in [2.05, 4.69) is 17.4 Å². The molecule has 1 atom stereocenters. The summed E-state index contributed by atoms with van der Waals surface area (Å²) in [5.41, 5.74) is 2.24. The van der Waals surface area contributed by atoms with E-state index in [9.17, 15) is 13.2 Å². The van der Waals surface area contributed by atoms with Gasteiger partial charge < -0.3 is 5.32 Å². The van der Waals surface area contributed by atoms with E-state index in [4.69, 9.17) is 0 Å². The lowest BCUT2D eigenvalue weighted by molar-refractivity contribution is -0.121. The number of sulfonamides is 1. The molecule has 3 aromatic rings. The molecular weight excluding hydrogens is 420 g/mol. The van der Waals surface area contributed by atoms with Crippen LogP contribution in [0.15, 0.2) is 95.9 Å². The van der Waals surface area contributed by atoms with Crippen molar-refractivity contribution in [3.8, 4) is 0 Å². The van der Waals surface area contributed by atoms with Crippen LogP contribution < -0.4 is 5.32 Å². The third kappa shape index (κ3) is 7.04. The minimum absolute atomic E-state index is 0.0573. The molecule has 1 N–H and O–H groups in total. The van der Waals surface area contributed by atoms with Gasteiger partial charge in [-0.1, -0.05) is 78.9 Å². The Hall–Kier alpha value is -2.96. The fourth-order valence-corrected chi connectivity index (χ4v) is 4.92. The Labute approximate surface area is 191 Å². The molecule has 5 nitrogen and oxygen atoms in total. The maximum absolute atomic E-state index is 13.2. The highest BCUT2D eigenvalue weighted by atomic mass is 32.2. The minimum atomic E-state index is -3.78. The molecule has 32 heavy (non-hydrogen) atoms. The van der Waals surface area contributed by atoms with E-state index < -0.39 is 10.0 Å². The highest BCUT2D eigenvalue weighted by Crippen LogP contribution is 2.16. The van der Waals surface area contributed by atoms with Crippen LogP contribution >= 0.6 is 0 Å². The molecule has 0 aliphatic carbocycles. The van der Waals surface area contributed by atoms with Crippen LogP contribution in [0.5, 0.6) is 0 Å². The Balaban J connectivity index is 1.65. The zero-order valence-electron chi connectivity index (χ0n) is 18.4. The second-order valence-electron chi connectivity index (χ2n) is 7.88. The molecule has 0 fully saturated rings. The van der Waals surface area contributed by atoms with Gasteiger partial charge in [-0.05, 0) is 49.4 Å². The number of rotatable bonds is 11. The van der Waals surface area contributed by atoms with Gasteiger partial charge in [-0.25, -0.2) is 8.42 Å². The highest BCUT2D eigenvalue weighted by Gasteiger charge is 2.26. The number of nitrogens with zero attached hydrogens (tertiary/aromatic N) is 1. The van der Waals surface area contributed by atoms with Gasteiger partial charge in [0, 0.05) is 12.6 Å². The van der Waals surface area contributed by atoms with E-state index in [0.717, 1.165) is 18.4 Å². The molecule has 0 bridgehead atoms. The lowest BCUT2D eigenvalue weighted by Crippen LogP contribution is -2.44. The summed E-state index contributed by atoms with van der Waals surface area (Å²) in [4.78, 5) is 12.9. The van der Waals surface area contributed by atoms with Gasteiger partial charge in [0.05, 0.1) is 11.4 Å². The number of hydrogen-bond donors (Lipinski definition) is 1. The summed E-state index contributed by atoms with van der Waals surface area (Å²) >= 11 is 0. The first-order chi connectivity index (χ1) is 15.4. The van der Waals surface area contributed by atoms with Crippen molar-refractivity contribution in [2.75, 3.05) is 13.1 Å². The van der Waals surface area contributed by atoms with Gasteiger partial charge >= 0.3 is 0 Å². The van der Waals surface area contributed by atoms with Crippen molar-refractivity contribution in [1.29, 1.82) is 0 Å². The van der Waals surface area contributed by atoms with Gasteiger partial charge in [-0.15, -0.1) is 0 Å². The van der Waals surface area contributed by atoms with Crippen LogP contribution in [0.3, 0.4) is 0 Å². The molecule has 0 aliphatic rings. The minimum Gasteiger partial charge on any atom is -0.352 e. The lowest BCUT2D eigenvalue weighted by Gasteiger charge is -2.23. The number of carbonyl (C=O) groups is 1. The standard InChI is InChI=1S/C26H30N2O3S/c1-22(17-18-23-11-5-2-6-12-23)27-26(29)21-28(20-19-24-13-7-3-8-14-24)32(30,31)25-15-9-4-10-16-25/h2-16,22H,17-21H2,1H3,(H,27,29)/t22-/m1/s1. The molecule has 0 radical (unpaired) electrons. The molecule has 168 valence electrons. The predicted molar refractivity (Wildman–Crippen MR) is 128 cm³/mol. The third-order valence-electron chi connectivity index (χ3n) is 5.31. The summed E-state index contributed by atoms with van der Waals surface area (Å²) < 4.78 is 27.7. The quantitative estimate of drug-likeness (QED) is 0.479. The molecule has 1 amide bonds. The van der Waals surface area contributed by atoms with Gasteiger partial charge in [-0.2, -0.15) is 4.31 Å². The van der Waals surface area contributed by atoms with Crippen LogP contribution in [0.25, 0.3) is 0 Å². The van der Waals surface area contributed by atoms with Gasteiger partial charge in [0.25, 0.3) is 0 Å². The van der Waals surface area contributed by atoms with Crippen molar-refractivity contribution < 1.29 is 13.2 Å². The molecule has 3 rings (SSSR count). The number of amides is 1. The first-order valence-electron chi connectivity index (χ1n) is 10.9. The summed E-state index contributed by atoms with van der Waals surface area (Å²) in [6.07, 6.45) is 2.16. The average Bonchev–Trinajstić information content (AvgIpc) is 2.82. The van der Waals surface area contributed by atoms with E-state index in [-0.39, 0.29) is 29.9 Å². The van der Waals surface area contributed by atoms with Crippen molar-refractivity contribution in [1.82, 2.24) is 9.62 Å². The number of carbonyl (C=O) groups excluding carboxylic acids is 1. The molecule has 6 heteroatoms. The topological polar surface area (TPSA) is 66.5 Å². The summed E-state index contributed by atoms with van der Waals surface area (Å²) in [5, 5.41) is 2.96. The van der Waals surface area contributed by atoms with E-state index in [1.54, 1.807) is 30.3 Å². The van der Waals surface area contributed by atoms with Gasteiger partial charge in [0.1, 0.15) is 0 Å². The third-order valence-corrected chi connectivity index (χ3v) is 7.17. The van der Waals surface area contributed by atoms with Crippen molar-refractivity contribution in [2.45, 2.75) is 37.1 Å². The van der Waals surface area contributed by atoms with Crippen molar-refractivity contribution >= 4 is 15.9 Å². The maximum Gasteiger partial charge on any atom is 0.243 e. The SMILES string of the molecule is C[C@H](CCc1ccccc1)NC(=O)CN(CCc1ccccc1)S(=O)(=O)c1ccccc1. The van der Waals surface area contributed by atoms with Crippen molar-refractivity contribution in [2.24, 2.45) is 0 Å². The second-order valence-corrected chi connectivity index (χ2v) is 9.82. The van der Waals surface area contributed by atoms with Crippen LogP contribution in [0.4, 0.5) is 0 Å². The Bertz CT molecular complexity index is 1070. The van der Waals surface area contributed by atoms with Gasteiger partial charge in [0.2, 0.25) is 15.9 Å². The smallest absolute Gasteiger partial charge is 0.243 e. The van der Waals surface area contributed by atoms with Gasteiger partial charge in [0.15, 0.2) is 0 Å². The summed E-state index contributed by atoms with van der Waals surface area (Å²) in [7, 11) is -3.78. The lowest BCUT2D eigenvalue weighted by atomic mass is 10.1. The molecule has 0 unspecified atom stereocenters. The van der Waals surface area contributed by atoms with Crippen LogP contribution in [-0.4, -0.2) is 37.8 Å². The second kappa shape index (κ2) is 11.6. The summed E-state index contributed by atoms with van der Waals surface area (Å²) in [6, 6.07) is 28.0. The zero-order valence-corrected chi connectivity index (χ0v) is 19.2. The average molecular weight is 451 g/mol. The van der Waals surface area contributed by atoms with E-state index in [1.165, 1.54) is 9.87 Å². The number of aryl methyl sites for hydroxylation is 1. The Morgan fingerprint density at radius 2 is 1.31 bits per heavy atom. The fraction of sp³-hybridized carbons (Fsp3) is 0.269. The van der Waals surface area contributed by atoms with Crippen molar-refractivity contribution in [3.63, 3.8) is 0 Å². The summed E-state index contributed by atoms with van der Waals surface area (Å²) in [6.45, 7) is 1.97. The van der Waals surface area contributed by atoms with Crippen molar-refractivity contribution in [3.05, 3.63) is 102 Å². The Morgan fingerprint density at radius 3 is 1.88 bits per heavy atom. The largest absolute Gasteiger partial charge is 0.352 e. The maximum atomic E-state index is 13.2. The van der Waals surface area contributed by atoms with Crippen LogP contribution in [0.2, 0.25) is 0 Å². The number of hydrogen-bond acceptors (Lipinski definition) is 3. The van der Waals surface area contributed by atoms with Crippen LogP contribution in [0, 0.1) is 0 Å². The number of nitrogens with one attached hydrogen (secondary N) is 1. The van der Waals surface area contributed by atoms with Crippen LogP contribution in [-0.2, 0) is 27.7 Å². The molecule has 0 aromatic heterocycles. The molecule has 3 aromatic carbocycles. The Kier molecular flexibility index (Phi) is 8.59. The molecule has 0 saturated carbocycles. The highest BCUT2D eigenvalue weighted by molar-refractivity contribution is 7.89. The normalized spacial score (nSPS) is 12.4. The summed E-state index contributed by atoms with van der Waals surface area (Å²) in [5.74, 6) is -0.293. The zero-order chi connectivity index (χ0) is 22.8. The molecule has 0 heterocycles. The number of benzene rings is 3. The van der Waals surface area contributed by atoms with E-state index >= 15 is 0 Å².